The van der Waals surface area contributed by atoms with Crippen LogP contribution in [0.4, 0.5) is 5.69 Å². The minimum absolute atomic E-state index is 0.0416. The normalized spacial score (nSPS) is 14.5. The van der Waals surface area contributed by atoms with Crippen LogP contribution in [-0.2, 0) is 6.42 Å². The highest BCUT2D eigenvalue weighted by molar-refractivity contribution is 7.09. The number of hydrogen-bond acceptors (Lipinski definition) is 4. The van der Waals surface area contributed by atoms with Crippen molar-refractivity contribution >= 4 is 22.9 Å². The molecule has 3 rings (SSSR count). The van der Waals surface area contributed by atoms with Gasteiger partial charge in [0.1, 0.15) is 5.01 Å². The first-order valence-electron chi connectivity index (χ1n) is 6.73. The van der Waals surface area contributed by atoms with Crippen LogP contribution >= 0.6 is 11.3 Å². The Labute approximate surface area is 122 Å². The minimum Gasteiger partial charge on any atom is -0.384 e. The molecule has 0 saturated heterocycles. The molecule has 20 heavy (non-hydrogen) atoms. The number of anilines is 1. The molecule has 0 spiro atoms. The van der Waals surface area contributed by atoms with Crippen molar-refractivity contribution in [2.24, 2.45) is 0 Å². The Balaban J connectivity index is 1.73. The lowest BCUT2D eigenvalue weighted by atomic mass is 10.1. The Morgan fingerprint density at radius 3 is 3.10 bits per heavy atom. The standard InChI is InChI=1S/C15H17N3OS/c1-9-8-20-15(17-9)10(2)18-14(19)12-3-4-13-11(7-12)5-6-16-13/h3-4,7-8,10,16H,5-6H2,1-2H3,(H,18,19). The smallest absolute Gasteiger partial charge is 0.251 e. The fourth-order valence-electron chi connectivity index (χ4n) is 2.36. The molecule has 5 heteroatoms. The number of nitrogens with one attached hydrogen (secondary N) is 2. The van der Waals surface area contributed by atoms with Gasteiger partial charge in [-0.1, -0.05) is 0 Å². The Morgan fingerprint density at radius 1 is 1.50 bits per heavy atom. The Kier molecular flexibility index (Phi) is 3.44. The van der Waals surface area contributed by atoms with Crippen molar-refractivity contribution < 1.29 is 4.79 Å². The molecule has 2 heterocycles. The minimum atomic E-state index is -0.0624. The maximum absolute atomic E-state index is 12.3. The average molecular weight is 287 g/mol. The number of aryl methyl sites for hydroxylation is 1. The third kappa shape index (κ3) is 2.54. The molecular weight excluding hydrogens is 270 g/mol. The molecule has 1 unspecified atom stereocenters. The van der Waals surface area contributed by atoms with Gasteiger partial charge in [-0.3, -0.25) is 4.79 Å². The molecule has 1 aliphatic heterocycles. The summed E-state index contributed by atoms with van der Waals surface area (Å²) in [6.07, 6.45) is 0.984. The lowest BCUT2D eigenvalue weighted by Gasteiger charge is -2.12. The summed E-state index contributed by atoms with van der Waals surface area (Å²) in [4.78, 5) is 16.7. The van der Waals surface area contributed by atoms with Gasteiger partial charge in [-0.25, -0.2) is 4.98 Å². The van der Waals surface area contributed by atoms with Crippen molar-refractivity contribution in [1.29, 1.82) is 0 Å². The quantitative estimate of drug-likeness (QED) is 0.912. The Hall–Kier alpha value is -1.88. The summed E-state index contributed by atoms with van der Waals surface area (Å²) < 4.78 is 0. The van der Waals surface area contributed by atoms with Crippen LogP contribution < -0.4 is 10.6 Å². The van der Waals surface area contributed by atoms with E-state index in [1.807, 2.05) is 37.4 Å². The predicted octanol–water partition coefficient (Wildman–Crippen LogP) is 2.91. The van der Waals surface area contributed by atoms with Crippen LogP contribution in [0.15, 0.2) is 23.6 Å². The third-order valence-electron chi connectivity index (χ3n) is 3.43. The fourth-order valence-corrected chi connectivity index (χ4v) is 3.16. The van der Waals surface area contributed by atoms with E-state index >= 15 is 0 Å². The van der Waals surface area contributed by atoms with E-state index in [2.05, 4.69) is 15.6 Å². The predicted molar refractivity (Wildman–Crippen MR) is 81.4 cm³/mol. The molecule has 4 nitrogen and oxygen atoms in total. The van der Waals surface area contributed by atoms with Crippen molar-refractivity contribution in [2.45, 2.75) is 26.3 Å². The van der Waals surface area contributed by atoms with Gasteiger partial charge in [-0.05, 0) is 44.0 Å². The van der Waals surface area contributed by atoms with Crippen LogP contribution in [-0.4, -0.2) is 17.4 Å². The number of thiazole rings is 1. The van der Waals surface area contributed by atoms with Crippen molar-refractivity contribution in [3.8, 4) is 0 Å². The number of amides is 1. The van der Waals surface area contributed by atoms with E-state index in [-0.39, 0.29) is 11.9 Å². The summed E-state index contributed by atoms with van der Waals surface area (Å²) in [6, 6.07) is 5.76. The van der Waals surface area contributed by atoms with Gasteiger partial charge in [0.25, 0.3) is 5.91 Å². The second kappa shape index (κ2) is 5.25. The van der Waals surface area contributed by atoms with Crippen LogP contribution in [0.3, 0.4) is 0 Å². The zero-order valence-corrected chi connectivity index (χ0v) is 12.4. The van der Waals surface area contributed by atoms with Crippen molar-refractivity contribution in [3.63, 3.8) is 0 Å². The second-order valence-electron chi connectivity index (χ2n) is 5.07. The molecule has 1 aromatic heterocycles. The first-order chi connectivity index (χ1) is 9.63. The summed E-state index contributed by atoms with van der Waals surface area (Å²) in [7, 11) is 0. The number of carbonyl (C=O) groups is 1. The molecule has 0 bridgehead atoms. The van der Waals surface area contributed by atoms with E-state index in [1.54, 1.807) is 11.3 Å². The highest BCUT2D eigenvalue weighted by Crippen LogP contribution is 2.23. The first kappa shape index (κ1) is 13.1. The molecule has 1 aliphatic rings. The molecule has 0 radical (unpaired) electrons. The van der Waals surface area contributed by atoms with Gasteiger partial charge in [0, 0.05) is 28.9 Å². The molecule has 1 aromatic carbocycles. The zero-order valence-electron chi connectivity index (χ0n) is 11.6. The van der Waals surface area contributed by atoms with Crippen LogP contribution in [0.25, 0.3) is 0 Å². The third-order valence-corrected chi connectivity index (χ3v) is 4.58. The van der Waals surface area contributed by atoms with Crippen LogP contribution in [0, 0.1) is 6.92 Å². The molecule has 104 valence electrons. The number of rotatable bonds is 3. The number of aromatic nitrogens is 1. The maximum atomic E-state index is 12.3. The highest BCUT2D eigenvalue weighted by atomic mass is 32.1. The van der Waals surface area contributed by atoms with Gasteiger partial charge in [0.05, 0.1) is 6.04 Å². The number of hydrogen-bond donors (Lipinski definition) is 2. The first-order valence-corrected chi connectivity index (χ1v) is 7.61. The monoisotopic (exact) mass is 287 g/mol. The van der Waals surface area contributed by atoms with Gasteiger partial charge < -0.3 is 10.6 Å². The van der Waals surface area contributed by atoms with E-state index in [9.17, 15) is 4.79 Å². The SMILES string of the molecule is Cc1csc(C(C)NC(=O)c2ccc3c(c2)CCN3)n1. The lowest BCUT2D eigenvalue weighted by Crippen LogP contribution is -2.26. The average Bonchev–Trinajstić information content (AvgIpc) is 3.05. The maximum Gasteiger partial charge on any atom is 0.251 e. The van der Waals surface area contributed by atoms with Crippen molar-refractivity contribution in [2.75, 3.05) is 11.9 Å². The summed E-state index contributed by atoms with van der Waals surface area (Å²) in [5, 5.41) is 9.24. The largest absolute Gasteiger partial charge is 0.384 e. The molecule has 1 atom stereocenters. The van der Waals surface area contributed by atoms with E-state index in [0.29, 0.717) is 5.56 Å². The zero-order chi connectivity index (χ0) is 14.1. The van der Waals surface area contributed by atoms with Gasteiger partial charge >= 0.3 is 0 Å². The Bertz CT molecular complexity index is 650. The summed E-state index contributed by atoms with van der Waals surface area (Å²) in [5.74, 6) is -0.0416. The van der Waals surface area contributed by atoms with Crippen LogP contribution in [0.2, 0.25) is 0 Å². The topological polar surface area (TPSA) is 54.0 Å². The summed E-state index contributed by atoms with van der Waals surface area (Å²) in [6.45, 7) is 4.88. The van der Waals surface area contributed by atoms with Crippen molar-refractivity contribution in [3.05, 3.63) is 45.4 Å². The summed E-state index contributed by atoms with van der Waals surface area (Å²) >= 11 is 1.58. The fraction of sp³-hybridized carbons (Fsp3) is 0.333. The molecule has 0 saturated carbocycles. The van der Waals surface area contributed by atoms with Gasteiger partial charge in [0.15, 0.2) is 0 Å². The highest BCUT2D eigenvalue weighted by Gasteiger charge is 2.16. The lowest BCUT2D eigenvalue weighted by molar-refractivity contribution is 0.0939. The number of fused-ring (bicyclic) bond motifs is 1. The van der Waals surface area contributed by atoms with Crippen LogP contribution in [0.1, 0.15) is 39.6 Å². The second-order valence-corrected chi connectivity index (χ2v) is 5.96. The summed E-state index contributed by atoms with van der Waals surface area (Å²) in [5.41, 5.74) is 4.07. The number of nitrogens with zero attached hydrogens (tertiary/aromatic N) is 1. The molecule has 1 amide bonds. The van der Waals surface area contributed by atoms with Gasteiger partial charge in [-0.2, -0.15) is 0 Å². The Morgan fingerprint density at radius 2 is 2.35 bits per heavy atom. The van der Waals surface area contributed by atoms with E-state index in [4.69, 9.17) is 0 Å². The molecule has 0 fully saturated rings. The van der Waals surface area contributed by atoms with Crippen LogP contribution in [0.5, 0.6) is 0 Å². The molecular formula is C15H17N3OS. The number of benzene rings is 1. The van der Waals surface area contributed by atoms with Crippen molar-refractivity contribution in [1.82, 2.24) is 10.3 Å². The molecule has 0 aliphatic carbocycles. The number of carbonyl (C=O) groups excluding carboxylic acids is 1. The molecule has 2 N–H and O–H groups in total. The molecule has 2 aromatic rings. The van der Waals surface area contributed by atoms with E-state index in [0.717, 1.165) is 29.4 Å². The van der Waals surface area contributed by atoms with Gasteiger partial charge in [0.2, 0.25) is 0 Å². The van der Waals surface area contributed by atoms with E-state index < -0.39 is 0 Å². The van der Waals surface area contributed by atoms with E-state index in [1.165, 1.54) is 5.56 Å². The van der Waals surface area contributed by atoms with Gasteiger partial charge in [-0.15, -0.1) is 11.3 Å².